The van der Waals surface area contributed by atoms with E-state index in [0.29, 0.717) is 11.0 Å². The summed E-state index contributed by atoms with van der Waals surface area (Å²) < 4.78 is 19.9. The summed E-state index contributed by atoms with van der Waals surface area (Å²) in [6, 6.07) is 0. The number of quaternary nitrogens is 1. The molecule has 0 aliphatic rings. The van der Waals surface area contributed by atoms with Crippen molar-refractivity contribution < 1.29 is 28.1 Å². The van der Waals surface area contributed by atoms with Gasteiger partial charge in [0.2, 0.25) is 0 Å². The molecule has 2 N–H and O–H groups in total. The Morgan fingerprint density at radius 2 is 1.56 bits per heavy atom. The largest absolute Gasteiger partial charge is 0.469 e. The van der Waals surface area contributed by atoms with Crippen LogP contribution in [0.15, 0.2) is 0 Å². The van der Waals surface area contributed by atoms with Gasteiger partial charge >= 0.3 is 7.82 Å². The van der Waals surface area contributed by atoms with Crippen LogP contribution in [-0.2, 0) is 13.8 Å². The molecule has 0 aromatic rings. The number of likely N-dealkylation sites (N-methyl/N-ethyl adjacent to an activating group) is 1. The summed E-state index contributed by atoms with van der Waals surface area (Å²) in [6.45, 7) is 6.32. The molecule has 0 bridgehead atoms. The highest BCUT2D eigenvalue weighted by molar-refractivity contribution is 7.46. The number of hydrogen-bond donors (Lipinski definition) is 2. The van der Waals surface area contributed by atoms with E-state index in [4.69, 9.17) is 14.5 Å². The van der Waals surface area contributed by atoms with E-state index in [-0.39, 0.29) is 6.61 Å². The molecule has 0 radical (unpaired) electrons. The van der Waals surface area contributed by atoms with Crippen molar-refractivity contribution in [2.24, 2.45) is 0 Å². The molecule has 0 atom stereocenters. The molecule has 0 saturated heterocycles. The van der Waals surface area contributed by atoms with Crippen molar-refractivity contribution in [3.8, 4) is 0 Å². The molecule has 16 heavy (non-hydrogen) atoms. The zero-order valence-electron chi connectivity index (χ0n) is 10.8. The Labute approximate surface area is 98.0 Å². The quantitative estimate of drug-likeness (QED) is 0.545. The number of nitrogens with zero attached hydrogens (tertiary/aromatic N) is 1. The lowest BCUT2D eigenvalue weighted by molar-refractivity contribution is -0.870. The van der Waals surface area contributed by atoms with Crippen LogP contribution in [-0.4, -0.2) is 61.8 Å². The Morgan fingerprint density at radius 3 is 1.75 bits per heavy atom. The topological polar surface area (TPSA) is 76.0 Å². The highest BCUT2D eigenvalue weighted by atomic mass is 31.2. The molecule has 0 fully saturated rings. The Bertz CT molecular complexity index is 197. The molecule has 0 aliphatic carbocycles. The summed E-state index contributed by atoms with van der Waals surface area (Å²) in [4.78, 5) is 16.6. The zero-order chi connectivity index (χ0) is 13.2. The van der Waals surface area contributed by atoms with Crippen LogP contribution in [0.5, 0.6) is 0 Å². The van der Waals surface area contributed by atoms with Gasteiger partial charge < -0.3 is 19.0 Å². The van der Waals surface area contributed by atoms with Gasteiger partial charge in [-0.1, -0.05) is 0 Å². The smallest absolute Gasteiger partial charge is 0.382 e. The summed E-state index contributed by atoms with van der Waals surface area (Å²) in [6.07, 6.45) is 0. The predicted octanol–water partition coefficient (Wildman–Crippen LogP) is 0.845. The van der Waals surface area contributed by atoms with Crippen molar-refractivity contribution in [3.63, 3.8) is 0 Å². The van der Waals surface area contributed by atoms with Crippen LogP contribution in [0.4, 0.5) is 0 Å². The number of rotatable bonds is 6. The number of ether oxygens (including phenoxy) is 1. The molecular formula is C9H25NO5P+. The normalized spacial score (nSPS) is 11.9. The van der Waals surface area contributed by atoms with Crippen LogP contribution in [0.3, 0.4) is 0 Å². The molecule has 6 nitrogen and oxygen atoms in total. The van der Waals surface area contributed by atoms with Gasteiger partial charge in [0.05, 0.1) is 21.1 Å². The minimum atomic E-state index is -4.26. The van der Waals surface area contributed by atoms with Gasteiger partial charge in [0.1, 0.15) is 13.2 Å². The van der Waals surface area contributed by atoms with E-state index >= 15 is 0 Å². The lowest BCUT2D eigenvalue weighted by atomic mass is 10.5. The van der Waals surface area contributed by atoms with E-state index in [1.807, 2.05) is 35.0 Å². The molecular weight excluding hydrogens is 233 g/mol. The second-order valence-corrected chi connectivity index (χ2v) is 5.36. The van der Waals surface area contributed by atoms with Crippen LogP contribution in [0.1, 0.15) is 13.8 Å². The Balaban J connectivity index is 0. The maximum atomic E-state index is 10.2. The lowest BCUT2D eigenvalue weighted by Gasteiger charge is -2.23. The first kappa shape index (κ1) is 18.4. The molecule has 0 aliphatic heterocycles. The highest BCUT2D eigenvalue weighted by Crippen LogP contribution is 2.35. The van der Waals surface area contributed by atoms with Gasteiger partial charge in [-0.3, -0.25) is 4.52 Å². The van der Waals surface area contributed by atoms with Gasteiger partial charge in [0.25, 0.3) is 0 Å². The van der Waals surface area contributed by atoms with Crippen molar-refractivity contribution >= 4 is 7.82 Å². The van der Waals surface area contributed by atoms with E-state index < -0.39 is 7.82 Å². The van der Waals surface area contributed by atoms with E-state index in [2.05, 4.69) is 4.52 Å². The molecule has 0 rings (SSSR count). The summed E-state index contributed by atoms with van der Waals surface area (Å²) in [5.41, 5.74) is 0. The van der Waals surface area contributed by atoms with Crippen molar-refractivity contribution in [3.05, 3.63) is 0 Å². The molecule has 0 unspecified atom stereocenters. The number of phosphoric ester groups is 1. The van der Waals surface area contributed by atoms with Crippen molar-refractivity contribution in [1.29, 1.82) is 0 Å². The summed E-state index contributed by atoms with van der Waals surface area (Å²) in [7, 11) is 1.50. The molecule has 100 valence electrons. The third-order valence-electron chi connectivity index (χ3n) is 1.43. The summed E-state index contributed by atoms with van der Waals surface area (Å²) >= 11 is 0. The van der Waals surface area contributed by atoms with Crippen molar-refractivity contribution in [2.75, 3.05) is 47.5 Å². The fraction of sp³-hybridized carbons (Fsp3) is 1.00. The molecule has 0 amide bonds. The minimum absolute atomic E-state index is 0.0772. The van der Waals surface area contributed by atoms with Gasteiger partial charge in [0, 0.05) is 13.2 Å². The lowest BCUT2D eigenvalue weighted by Crippen LogP contribution is -2.37. The maximum absolute atomic E-state index is 10.2. The van der Waals surface area contributed by atoms with Crippen LogP contribution in [0, 0.1) is 0 Å². The van der Waals surface area contributed by atoms with Gasteiger partial charge in [-0.2, -0.15) is 0 Å². The molecule has 0 heterocycles. The Hall–Kier alpha value is 0.0300. The first-order valence-corrected chi connectivity index (χ1v) is 6.73. The van der Waals surface area contributed by atoms with E-state index in [1.54, 1.807) is 0 Å². The second-order valence-electron chi connectivity index (χ2n) is 4.12. The average molecular weight is 258 g/mol. The molecule has 0 aromatic carbocycles. The Morgan fingerprint density at radius 1 is 1.12 bits per heavy atom. The van der Waals surface area contributed by atoms with Crippen LogP contribution < -0.4 is 0 Å². The summed E-state index contributed by atoms with van der Waals surface area (Å²) in [5.74, 6) is 0. The number of phosphoric acid groups is 1. The Kier molecular flexibility index (Phi) is 10.5. The maximum Gasteiger partial charge on any atom is 0.469 e. The van der Waals surface area contributed by atoms with Gasteiger partial charge in [-0.15, -0.1) is 0 Å². The van der Waals surface area contributed by atoms with Crippen LogP contribution >= 0.6 is 7.82 Å². The SMILES string of the molecule is CCOCC.C[N+](C)(C)CCOP(=O)(O)O. The van der Waals surface area contributed by atoms with Crippen molar-refractivity contribution in [2.45, 2.75) is 13.8 Å². The predicted molar refractivity (Wildman–Crippen MR) is 63.1 cm³/mol. The van der Waals surface area contributed by atoms with Crippen LogP contribution in [0.2, 0.25) is 0 Å². The second kappa shape index (κ2) is 9.10. The van der Waals surface area contributed by atoms with Crippen LogP contribution in [0.25, 0.3) is 0 Å². The third-order valence-corrected chi connectivity index (χ3v) is 1.95. The monoisotopic (exact) mass is 258 g/mol. The zero-order valence-corrected chi connectivity index (χ0v) is 11.7. The first-order chi connectivity index (χ1) is 7.12. The molecule has 0 aromatic heterocycles. The van der Waals surface area contributed by atoms with E-state index in [0.717, 1.165) is 13.2 Å². The minimum Gasteiger partial charge on any atom is -0.382 e. The fourth-order valence-corrected chi connectivity index (χ4v) is 0.957. The van der Waals surface area contributed by atoms with E-state index in [1.165, 1.54) is 0 Å². The first-order valence-electron chi connectivity index (χ1n) is 5.20. The third kappa shape index (κ3) is 23.7. The standard InChI is InChI=1S/C5H14NO4P.C4H10O/c1-6(2,3)4-5-10-11(7,8)9;1-3-5-4-2/h4-5H2,1-3H3,(H-,7,8,9);3-4H2,1-2H3/p+1. The molecule has 0 saturated carbocycles. The fourth-order valence-electron chi connectivity index (χ4n) is 0.638. The van der Waals surface area contributed by atoms with Gasteiger partial charge in [0.15, 0.2) is 0 Å². The van der Waals surface area contributed by atoms with Gasteiger partial charge in [-0.05, 0) is 13.8 Å². The average Bonchev–Trinajstić information content (AvgIpc) is 2.01. The number of hydrogen-bond acceptors (Lipinski definition) is 3. The highest BCUT2D eigenvalue weighted by Gasteiger charge is 2.15. The van der Waals surface area contributed by atoms with E-state index in [9.17, 15) is 4.57 Å². The van der Waals surface area contributed by atoms with Gasteiger partial charge in [-0.25, -0.2) is 4.57 Å². The van der Waals surface area contributed by atoms with Crippen molar-refractivity contribution in [1.82, 2.24) is 0 Å². The molecule has 7 heteroatoms. The summed E-state index contributed by atoms with van der Waals surface area (Å²) in [5, 5.41) is 0. The molecule has 0 spiro atoms.